The molecule has 7 nitrogen and oxygen atoms in total. The molecule has 0 radical (unpaired) electrons. The van der Waals surface area contributed by atoms with Gasteiger partial charge in [-0.1, -0.05) is 82.6 Å². The number of phenolic OH excluding ortho intramolecular Hbond substituents is 5. The number of rotatable bonds is 1. The molecule has 0 amide bonds. The number of nitrogens with zero attached hydrogens (tertiary/aromatic N) is 2. The molecular formula is C28H30N2O5. The fourth-order valence-corrected chi connectivity index (χ4v) is 3.97. The van der Waals surface area contributed by atoms with E-state index in [2.05, 4.69) is 23.8 Å². The average Bonchev–Trinajstić information content (AvgIpc) is 2.88. The van der Waals surface area contributed by atoms with E-state index in [4.69, 9.17) is 0 Å². The number of benzene rings is 4. The summed E-state index contributed by atoms with van der Waals surface area (Å²) in [5.74, 6) is -4.13. The highest BCUT2D eigenvalue weighted by Gasteiger charge is 2.27. The molecular weight excluding hydrogens is 444 g/mol. The van der Waals surface area contributed by atoms with Crippen LogP contribution in [0.1, 0.15) is 39.9 Å². The minimum Gasteiger partial charge on any atom is -0.504 e. The van der Waals surface area contributed by atoms with Crippen LogP contribution in [0.15, 0.2) is 48.5 Å². The number of aromatic hydroxyl groups is 5. The minimum atomic E-state index is -1.01. The monoisotopic (exact) mass is 474 g/mol. The van der Waals surface area contributed by atoms with E-state index in [0.29, 0.717) is 16.7 Å². The molecule has 5 rings (SSSR count). The molecule has 1 heterocycles. The van der Waals surface area contributed by atoms with E-state index in [1.165, 1.54) is 6.42 Å². The Morgan fingerprint density at radius 2 is 1.00 bits per heavy atom. The summed E-state index contributed by atoms with van der Waals surface area (Å²) < 4.78 is 0. The third-order valence-corrected chi connectivity index (χ3v) is 5.30. The van der Waals surface area contributed by atoms with Gasteiger partial charge in [0, 0.05) is 10.8 Å². The van der Waals surface area contributed by atoms with Gasteiger partial charge in [0.25, 0.3) is 0 Å². The summed E-state index contributed by atoms with van der Waals surface area (Å²) in [6.45, 7) is 9.92. The number of fused-ring (bicyclic) bond motifs is 6. The van der Waals surface area contributed by atoms with E-state index in [0.717, 1.165) is 21.5 Å². The van der Waals surface area contributed by atoms with Crippen LogP contribution >= 0.6 is 0 Å². The van der Waals surface area contributed by atoms with E-state index < -0.39 is 28.7 Å². The zero-order chi connectivity index (χ0) is 25.9. The largest absolute Gasteiger partial charge is 0.504 e. The molecule has 0 atom stereocenters. The van der Waals surface area contributed by atoms with Crippen molar-refractivity contribution in [1.82, 2.24) is 9.97 Å². The third kappa shape index (κ3) is 4.21. The topological polar surface area (TPSA) is 127 Å². The van der Waals surface area contributed by atoms with E-state index in [1.54, 1.807) is 6.92 Å². The van der Waals surface area contributed by atoms with Gasteiger partial charge in [-0.3, -0.25) is 0 Å². The molecule has 0 fully saturated rings. The van der Waals surface area contributed by atoms with Crippen molar-refractivity contribution in [1.29, 1.82) is 0 Å². The van der Waals surface area contributed by atoms with Crippen molar-refractivity contribution in [2.75, 3.05) is 0 Å². The van der Waals surface area contributed by atoms with Gasteiger partial charge in [0.1, 0.15) is 5.82 Å². The molecule has 4 aromatic carbocycles. The van der Waals surface area contributed by atoms with Crippen LogP contribution in [0.5, 0.6) is 28.7 Å². The Balaban J connectivity index is 0.000000638. The first-order chi connectivity index (χ1) is 16.8. The molecule has 1 aromatic heterocycles. The molecule has 0 saturated carbocycles. The van der Waals surface area contributed by atoms with Gasteiger partial charge < -0.3 is 25.5 Å². The van der Waals surface area contributed by atoms with Gasteiger partial charge in [-0.25, -0.2) is 9.97 Å². The Morgan fingerprint density at radius 1 is 0.600 bits per heavy atom. The van der Waals surface area contributed by atoms with Crippen molar-refractivity contribution in [3.63, 3.8) is 0 Å². The Kier molecular flexibility index (Phi) is 7.49. The number of hydrogen-bond donors (Lipinski definition) is 5. The van der Waals surface area contributed by atoms with Crippen LogP contribution in [0, 0.1) is 6.92 Å². The van der Waals surface area contributed by atoms with Gasteiger partial charge in [-0.2, -0.15) is 0 Å². The molecule has 0 bridgehead atoms. The molecule has 5 aromatic rings. The van der Waals surface area contributed by atoms with Crippen molar-refractivity contribution in [2.45, 2.75) is 41.0 Å². The number of aromatic nitrogens is 2. The van der Waals surface area contributed by atoms with Crippen molar-refractivity contribution >= 4 is 32.4 Å². The highest BCUT2D eigenvalue weighted by atomic mass is 16.4. The van der Waals surface area contributed by atoms with Crippen molar-refractivity contribution in [3.8, 4) is 40.0 Å². The lowest BCUT2D eigenvalue weighted by molar-refractivity contribution is 0.330. The van der Waals surface area contributed by atoms with Crippen LogP contribution in [0.3, 0.4) is 0 Å². The van der Waals surface area contributed by atoms with Gasteiger partial charge in [0.15, 0.2) is 11.5 Å². The smallest absolute Gasteiger partial charge is 0.208 e. The third-order valence-electron chi connectivity index (χ3n) is 5.30. The standard InChI is InChI=1S/C23H16N2O5.C3H8.C2H6/c1-10-24-17-14-9-5-3-7-12(14)11-6-2-4-8-13(11)15(17)18(25-10)16-19(26)21(28)23(30)22(29)20(16)27;1-3-2;1-2/h2-9,26-30H,1H3;3H2,1-2H3;1-2H3. The molecule has 35 heavy (non-hydrogen) atoms. The lowest BCUT2D eigenvalue weighted by Crippen LogP contribution is -1.97. The molecule has 0 spiro atoms. The highest BCUT2D eigenvalue weighted by Crippen LogP contribution is 2.55. The predicted molar refractivity (Wildman–Crippen MR) is 140 cm³/mol. The van der Waals surface area contributed by atoms with E-state index in [1.807, 2.05) is 62.4 Å². The van der Waals surface area contributed by atoms with Crippen LogP contribution in [-0.4, -0.2) is 35.5 Å². The Hall–Kier alpha value is -4.26. The average molecular weight is 475 g/mol. The molecule has 0 saturated heterocycles. The Labute approximate surface area is 203 Å². The van der Waals surface area contributed by atoms with Crippen LogP contribution in [0.25, 0.3) is 43.7 Å². The maximum atomic E-state index is 10.5. The highest BCUT2D eigenvalue weighted by molar-refractivity contribution is 6.27. The van der Waals surface area contributed by atoms with E-state index in [-0.39, 0.29) is 11.3 Å². The maximum Gasteiger partial charge on any atom is 0.208 e. The second kappa shape index (κ2) is 10.3. The van der Waals surface area contributed by atoms with Crippen molar-refractivity contribution in [2.24, 2.45) is 0 Å². The molecule has 0 aliphatic rings. The summed E-state index contributed by atoms with van der Waals surface area (Å²) in [6.07, 6.45) is 1.25. The zero-order valence-electron chi connectivity index (χ0n) is 20.5. The number of aryl methyl sites for hydroxylation is 1. The first-order valence-corrected chi connectivity index (χ1v) is 11.6. The van der Waals surface area contributed by atoms with Gasteiger partial charge in [0.05, 0.1) is 16.8 Å². The summed E-state index contributed by atoms with van der Waals surface area (Å²) >= 11 is 0. The van der Waals surface area contributed by atoms with E-state index >= 15 is 0 Å². The number of phenols is 5. The summed E-state index contributed by atoms with van der Waals surface area (Å²) in [6, 6.07) is 15.3. The minimum absolute atomic E-state index is 0.125. The zero-order valence-corrected chi connectivity index (χ0v) is 20.5. The summed E-state index contributed by atoms with van der Waals surface area (Å²) in [4.78, 5) is 9.04. The number of hydrogen-bond acceptors (Lipinski definition) is 7. The summed E-state index contributed by atoms with van der Waals surface area (Å²) in [5, 5.41) is 55.0. The Bertz CT molecular complexity index is 1500. The molecule has 0 aliphatic carbocycles. The maximum absolute atomic E-state index is 10.5. The molecule has 0 unspecified atom stereocenters. The first-order valence-electron chi connectivity index (χ1n) is 11.6. The predicted octanol–water partition coefficient (Wildman–Crippen LogP) is 6.88. The molecule has 7 heteroatoms. The quantitative estimate of drug-likeness (QED) is 0.102. The SMILES string of the molecule is CC.CCC.Cc1nc(-c2c(O)c(O)c(O)c(O)c2O)c2c3ccccc3c3ccccc3c2n1. The van der Waals surface area contributed by atoms with Gasteiger partial charge >= 0.3 is 0 Å². The summed E-state index contributed by atoms with van der Waals surface area (Å²) in [7, 11) is 0. The summed E-state index contributed by atoms with van der Waals surface area (Å²) in [5.41, 5.74) is 0.427. The van der Waals surface area contributed by atoms with Crippen molar-refractivity contribution in [3.05, 3.63) is 54.4 Å². The second-order valence-corrected chi connectivity index (χ2v) is 7.76. The normalized spacial score (nSPS) is 10.5. The van der Waals surface area contributed by atoms with Gasteiger partial charge in [0.2, 0.25) is 17.2 Å². The van der Waals surface area contributed by atoms with Crippen molar-refractivity contribution < 1.29 is 25.5 Å². The van der Waals surface area contributed by atoms with Crippen LogP contribution < -0.4 is 0 Å². The molecule has 182 valence electrons. The van der Waals surface area contributed by atoms with E-state index in [9.17, 15) is 25.5 Å². The molecule has 5 N–H and O–H groups in total. The fraction of sp³-hybridized carbons (Fsp3) is 0.214. The molecule has 0 aliphatic heterocycles. The van der Waals surface area contributed by atoms with Gasteiger partial charge in [-0.05, 0) is 23.1 Å². The van der Waals surface area contributed by atoms with Crippen LogP contribution in [0.4, 0.5) is 0 Å². The lowest BCUT2D eigenvalue weighted by atomic mass is 9.93. The van der Waals surface area contributed by atoms with Gasteiger partial charge in [-0.15, -0.1) is 0 Å². The van der Waals surface area contributed by atoms with Crippen LogP contribution in [0.2, 0.25) is 0 Å². The van der Waals surface area contributed by atoms with Crippen LogP contribution in [-0.2, 0) is 0 Å². The second-order valence-electron chi connectivity index (χ2n) is 7.76. The lowest BCUT2D eigenvalue weighted by Gasteiger charge is -2.16. The fourth-order valence-electron chi connectivity index (χ4n) is 3.97. The Morgan fingerprint density at radius 3 is 1.51 bits per heavy atom. The first kappa shape index (κ1) is 25.4.